The molecule has 0 saturated heterocycles. The zero-order valence-corrected chi connectivity index (χ0v) is 9.12. The van der Waals surface area contributed by atoms with Gasteiger partial charge in [0, 0.05) is 17.7 Å². The average molecular weight is 230 g/mol. The normalized spacial score (nSPS) is 10.2. The number of pyridine rings is 1. The number of aromatic hydroxyl groups is 1. The second kappa shape index (κ2) is 4.21. The molecule has 0 amide bonds. The summed E-state index contributed by atoms with van der Waals surface area (Å²) < 4.78 is 0. The minimum atomic E-state index is -0.448. The fourth-order valence-corrected chi connectivity index (χ4v) is 1.49. The lowest BCUT2D eigenvalue weighted by molar-refractivity contribution is -0.384. The number of nitro groups is 1. The van der Waals surface area contributed by atoms with Crippen molar-refractivity contribution < 1.29 is 10.0 Å². The van der Waals surface area contributed by atoms with Crippen LogP contribution in [0.15, 0.2) is 36.4 Å². The van der Waals surface area contributed by atoms with E-state index in [0.717, 1.165) is 0 Å². The first-order valence-corrected chi connectivity index (χ1v) is 4.99. The Morgan fingerprint density at radius 1 is 1.29 bits per heavy atom. The van der Waals surface area contributed by atoms with Gasteiger partial charge in [0.25, 0.3) is 5.69 Å². The highest BCUT2D eigenvalue weighted by Gasteiger charge is 2.08. The van der Waals surface area contributed by atoms with Gasteiger partial charge in [-0.1, -0.05) is 12.1 Å². The number of non-ortho nitro benzene ring substituents is 1. The minimum absolute atomic E-state index is 0.0232. The second-order valence-corrected chi connectivity index (χ2v) is 3.61. The van der Waals surface area contributed by atoms with E-state index >= 15 is 0 Å². The molecule has 0 unspecified atom stereocenters. The molecule has 0 aliphatic heterocycles. The van der Waals surface area contributed by atoms with E-state index in [4.69, 9.17) is 0 Å². The maximum absolute atomic E-state index is 10.7. The van der Waals surface area contributed by atoms with Crippen LogP contribution >= 0.6 is 0 Å². The van der Waals surface area contributed by atoms with Gasteiger partial charge in [-0.3, -0.25) is 10.1 Å². The minimum Gasteiger partial charge on any atom is -0.506 e. The van der Waals surface area contributed by atoms with Crippen LogP contribution in [0.25, 0.3) is 11.3 Å². The molecular formula is C12H10N2O3. The Bertz CT molecular complexity index is 582. The molecule has 2 aromatic rings. The van der Waals surface area contributed by atoms with Crippen molar-refractivity contribution >= 4 is 5.69 Å². The van der Waals surface area contributed by atoms with E-state index in [2.05, 4.69) is 4.98 Å². The molecule has 17 heavy (non-hydrogen) atoms. The predicted molar refractivity (Wildman–Crippen MR) is 62.7 cm³/mol. The van der Waals surface area contributed by atoms with Gasteiger partial charge in [-0.25, -0.2) is 4.98 Å². The molecule has 5 nitrogen and oxygen atoms in total. The van der Waals surface area contributed by atoms with Gasteiger partial charge in [0.2, 0.25) is 0 Å². The van der Waals surface area contributed by atoms with Crippen LogP contribution in [0.4, 0.5) is 5.69 Å². The van der Waals surface area contributed by atoms with Crippen molar-refractivity contribution in [3.8, 4) is 17.0 Å². The maximum atomic E-state index is 10.7. The number of hydrogen-bond donors (Lipinski definition) is 1. The van der Waals surface area contributed by atoms with Gasteiger partial charge in [-0.2, -0.15) is 0 Å². The molecule has 0 aliphatic carbocycles. The summed E-state index contributed by atoms with van der Waals surface area (Å²) in [5.41, 5.74) is 1.77. The quantitative estimate of drug-likeness (QED) is 0.635. The molecule has 5 heteroatoms. The Morgan fingerprint density at radius 2 is 2.06 bits per heavy atom. The average Bonchev–Trinajstić information content (AvgIpc) is 2.33. The van der Waals surface area contributed by atoms with Crippen LogP contribution in [0, 0.1) is 17.0 Å². The number of benzene rings is 1. The van der Waals surface area contributed by atoms with Gasteiger partial charge in [-0.05, 0) is 19.1 Å². The summed E-state index contributed by atoms with van der Waals surface area (Å²) in [6.45, 7) is 1.68. The van der Waals surface area contributed by atoms with Crippen molar-refractivity contribution in [2.75, 3.05) is 0 Å². The summed E-state index contributed by atoms with van der Waals surface area (Å²) in [4.78, 5) is 14.4. The van der Waals surface area contributed by atoms with Gasteiger partial charge in [0.05, 0.1) is 16.3 Å². The monoisotopic (exact) mass is 230 g/mol. The predicted octanol–water partition coefficient (Wildman–Crippen LogP) is 2.67. The number of hydrogen-bond acceptors (Lipinski definition) is 4. The second-order valence-electron chi connectivity index (χ2n) is 3.61. The number of rotatable bonds is 2. The Balaban J connectivity index is 2.49. The molecule has 0 saturated carbocycles. The van der Waals surface area contributed by atoms with E-state index in [1.807, 2.05) is 0 Å². The number of aryl methyl sites for hydroxylation is 1. The van der Waals surface area contributed by atoms with Gasteiger partial charge in [-0.15, -0.1) is 0 Å². The molecule has 86 valence electrons. The number of aromatic nitrogens is 1. The molecule has 0 bridgehead atoms. The van der Waals surface area contributed by atoms with E-state index in [-0.39, 0.29) is 11.4 Å². The first-order chi connectivity index (χ1) is 8.08. The van der Waals surface area contributed by atoms with Crippen LogP contribution in [0.5, 0.6) is 5.75 Å². The standard InChI is InChI=1S/C12H10N2O3/c1-8-12(15)6-5-11(13-8)9-3-2-4-10(7-9)14(16)17/h2-7,15H,1H3. The lowest BCUT2D eigenvalue weighted by Crippen LogP contribution is -1.90. The number of nitrogens with zero attached hydrogens (tertiary/aromatic N) is 2. The maximum Gasteiger partial charge on any atom is 0.270 e. The molecule has 2 rings (SSSR count). The topological polar surface area (TPSA) is 76.3 Å². The van der Waals surface area contributed by atoms with Crippen molar-refractivity contribution in [2.24, 2.45) is 0 Å². The van der Waals surface area contributed by atoms with Crippen LogP contribution in [0.1, 0.15) is 5.69 Å². The summed E-state index contributed by atoms with van der Waals surface area (Å²) in [6, 6.07) is 9.39. The third-order valence-electron chi connectivity index (χ3n) is 2.41. The van der Waals surface area contributed by atoms with Crippen LogP contribution in [-0.4, -0.2) is 15.0 Å². The number of nitro benzene ring substituents is 1. The third kappa shape index (κ3) is 2.23. The Kier molecular flexibility index (Phi) is 2.74. The largest absolute Gasteiger partial charge is 0.506 e. The van der Waals surface area contributed by atoms with E-state index in [9.17, 15) is 15.2 Å². The van der Waals surface area contributed by atoms with Crippen LogP contribution in [-0.2, 0) is 0 Å². The molecule has 1 aromatic carbocycles. The van der Waals surface area contributed by atoms with Crippen molar-refractivity contribution in [3.63, 3.8) is 0 Å². The SMILES string of the molecule is Cc1nc(-c2cccc([N+](=O)[O-])c2)ccc1O. The van der Waals surface area contributed by atoms with Gasteiger partial charge < -0.3 is 5.11 Å². The van der Waals surface area contributed by atoms with Gasteiger partial charge >= 0.3 is 0 Å². The van der Waals surface area contributed by atoms with E-state index in [1.165, 1.54) is 18.2 Å². The lowest BCUT2D eigenvalue weighted by Gasteiger charge is -2.03. The summed E-state index contributed by atoms with van der Waals surface area (Å²) >= 11 is 0. The zero-order chi connectivity index (χ0) is 12.4. The summed E-state index contributed by atoms with van der Waals surface area (Å²) in [7, 11) is 0. The zero-order valence-electron chi connectivity index (χ0n) is 9.12. The van der Waals surface area contributed by atoms with Gasteiger partial charge in [0.1, 0.15) is 5.75 Å². The highest BCUT2D eigenvalue weighted by atomic mass is 16.6. The summed E-state index contributed by atoms with van der Waals surface area (Å²) in [5.74, 6) is 0.110. The van der Waals surface area contributed by atoms with Crippen molar-refractivity contribution in [2.45, 2.75) is 6.92 Å². The van der Waals surface area contributed by atoms with E-state index in [1.54, 1.807) is 25.1 Å². The lowest BCUT2D eigenvalue weighted by atomic mass is 10.1. The van der Waals surface area contributed by atoms with Gasteiger partial charge in [0.15, 0.2) is 0 Å². The highest BCUT2D eigenvalue weighted by Crippen LogP contribution is 2.24. The molecule has 0 aliphatic rings. The van der Waals surface area contributed by atoms with Crippen LogP contribution < -0.4 is 0 Å². The summed E-state index contributed by atoms with van der Waals surface area (Å²) in [5, 5.41) is 20.0. The summed E-state index contributed by atoms with van der Waals surface area (Å²) in [6.07, 6.45) is 0. The van der Waals surface area contributed by atoms with Crippen molar-refractivity contribution in [1.29, 1.82) is 0 Å². The molecule has 0 spiro atoms. The van der Waals surface area contributed by atoms with Crippen LogP contribution in [0.2, 0.25) is 0 Å². The third-order valence-corrected chi connectivity index (χ3v) is 2.41. The Hall–Kier alpha value is -2.43. The Morgan fingerprint density at radius 3 is 2.71 bits per heavy atom. The smallest absolute Gasteiger partial charge is 0.270 e. The van der Waals surface area contributed by atoms with Crippen molar-refractivity contribution in [1.82, 2.24) is 4.98 Å². The Labute approximate surface area is 97.5 Å². The first-order valence-electron chi connectivity index (χ1n) is 4.99. The molecular weight excluding hydrogens is 220 g/mol. The molecule has 1 aromatic heterocycles. The van der Waals surface area contributed by atoms with Crippen LogP contribution in [0.3, 0.4) is 0 Å². The fourth-order valence-electron chi connectivity index (χ4n) is 1.49. The van der Waals surface area contributed by atoms with E-state index in [0.29, 0.717) is 17.0 Å². The molecule has 0 atom stereocenters. The first kappa shape index (κ1) is 11.1. The molecule has 0 fully saturated rings. The molecule has 1 N–H and O–H groups in total. The highest BCUT2D eigenvalue weighted by molar-refractivity contribution is 5.63. The molecule has 1 heterocycles. The van der Waals surface area contributed by atoms with Crippen molar-refractivity contribution in [3.05, 3.63) is 52.2 Å². The molecule has 0 radical (unpaired) electrons. The fraction of sp³-hybridized carbons (Fsp3) is 0.0833. The van der Waals surface area contributed by atoms with E-state index < -0.39 is 4.92 Å².